The van der Waals surface area contributed by atoms with E-state index in [2.05, 4.69) is 13.8 Å². The third-order valence-electron chi connectivity index (χ3n) is 5.46. The molecule has 0 aromatic carbocycles. The molecule has 10 heteroatoms. The van der Waals surface area contributed by atoms with Crippen LogP contribution in [0.4, 0.5) is 0 Å². The van der Waals surface area contributed by atoms with E-state index >= 15 is 0 Å². The van der Waals surface area contributed by atoms with E-state index in [1.165, 1.54) is 0 Å². The molecule has 2 N–H and O–H groups in total. The first-order valence-corrected chi connectivity index (χ1v) is 13.8. The second-order valence-electron chi connectivity index (χ2n) is 8.10. The summed E-state index contributed by atoms with van der Waals surface area (Å²) in [5.41, 5.74) is -1.85. The lowest BCUT2D eigenvalue weighted by atomic mass is 9.76. The highest BCUT2D eigenvalue weighted by Gasteiger charge is 2.47. The van der Waals surface area contributed by atoms with Gasteiger partial charge in [0.15, 0.2) is 0 Å². The van der Waals surface area contributed by atoms with Crippen LogP contribution in [0.1, 0.15) is 110 Å². The van der Waals surface area contributed by atoms with Gasteiger partial charge in [0.1, 0.15) is 0 Å². The number of rotatable bonds is 17. The third kappa shape index (κ3) is 11.5. The number of hydrogen-bond acceptors (Lipinski definition) is 6. The number of carbonyl (C=O) groups is 2. The van der Waals surface area contributed by atoms with Crippen LogP contribution >= 0.6 is 0 Å². The molecule has 0 aliphatic heterocycles. The summed E-state index contributed by atoms with van der Waals surface area (Å²) >= 11 is 0. The third-order valence-corrected chi connectivity index (χ3v) is 7.08. The zero-order valence-electron chi connectivity index (χ0n) is 18.3. The van der Waals surface area contributed by atoms with Crippen LogP contribution in [-0.4, -0.2) is 36.2 Å². The van der Waals surface area contributed by atoms with Crippen molar-refractivity contribution in [3.05, 3.63) is 0 Å². The van der Waals surface area contributed by atoms with Crippen molar-refractivity contribution in [2.45, 2.75) is 110 Å². The molecule has 0 heterocycles. The lowest BCUT2D eigenvalue weighted by Gasteiger charge is -2.30. The van der Waals surface area contributed by atoms with Gasteiger partial charge in [0.05, 0.1) is 5.41 Å². The highest BCUT2D eigenvalue weighted by molar-refractivity contribution is 8.01. The first kappa shape index (κ1) is 29.2. The Kier molecular flexibility index (Phi) is 13.9. The van der Waals surface area contributed by atoms with Crippen LogP contribution in [-0.2, 0) is 29.8 Å². The summed E-state index contributed by atoms with van der Waals surface area (Å²) in [6.07, 6.45) is 9.10. The fraction of sp³-hybridized carbons (Fsp3) is 0.900. The average molecular weight is 471 g/mol. The summed E-state index contributed by atoms with van der Waals surface area (Å²) in [5.74, 6) is 0. The van der Waals surface area contributed by atoms with Crippen molar-refractivity contribution in [2.24, 2.45) is 5.41 Å². The van der Waals surface area contributed by atoms with Crippen molar-refractivity contribution in [1.29, 1.82) is 0 Å². The molecule has 30 heavy (non-hydrogen) atoms. The lowest BCUT2D eigenvalue weighted by molar-refractivity contribution is -0.127. The van der Waals surface area contributed by atoms with Gasteiger partial charge in [-0.25, -0.2) is 0 Å². The van der Waals surface area contributed by atoms with Gasteiger partial charge in [-0.2, -0.15) is 16.8 Å². The van der Waals surface area contributed by atoms with Crippen LogP contribution < -0.4 is 0 Å². The van der Waals surface area contributed by atoms with Gasteiger partial charge in [-0.1, -0.05) is 90.9 Å². The van der Waals surface area contributed by atoms with Gasteiger partial charge < -0.3 is 0 Å². The van der Waals surface area contributed by atoms with Crippen LogP contribution in [0.25, 0.3) is 0 Å². The molecule has 0 rings (SSSR count). The Labute approximate surface area is 181 Å². The molecular formula is C20H38O8S2. The summed E-state index contributed by atoms with van der Waals surface area (Å²) < 4.78 is 64.3. The molecule has 0 atom stereocenters. The normalized spacial score (nSPS) is 12.8. The molecule has 0 aromatic heterocycles. The monoisotopic (exact) mass is 470 g/mol. The van der Waals surface area contributed by atoms with Gasteiger partial charge in [-0.15, -0.1) is 0 Å². The summed E-state index contributed by atoms with van der Waals surface area (Å²) in [6.45, 7) is 4.13. The molecule has 0 spiro atoms. The van der Waals surface area contributed by atoms with Crippen LogP contribution in [0.2, 0.25) is 0 Å². The Hall–Kier alpha value is -0.840. The molecule has 0 amide bonds. The van der Waals surface area contributed by atoms with Crippen molar-refractivity contribution >= 4 is 30.5 Å². The van der Waals surface area contributed by atoms with Crippen LogP contribution in [0.3, 0.4) is 0 Å². The maximum Gasteiger partial charge on any atom is 0.329 e. The van der Waals surface area contributed by atoms with Crippen molar-refractivity contribution < 1.29 is 35.5 Å². The standard InChI is InChI=1S/C20H38O8S2/c1-3-5-7-9-11-13-15-20(19(22)30(26,27)28,17-18(21)29(23,24)25)16-14-12-10-8-6-4-2/h3-17H2,1-2H3,(H,23,24,25)(H,26,27,28). The molecule has 0 bridgehead atoms. The van der Waals surface area contributed by atoms with Crippen LogP contribution in [0, 0.1) is 5.41 Å². The van der Waals surface area contributed by atoms with Gasteiger partial charge in [-0.05, 0) is 12.8 Å². The Bertz CT molecular complexity index is 710. The topological polar surface area (TPSA) is 143 Å². The van der Waals surface area contributed by atoms with E-state index in [0.717, 1.165) is 51.4 Å². The highest BCUT2D eigenvalue weighted by atomic mass is 32.2. The molecule has 0 saturated heterocycles. The second-order valence-corrected chi connectivity index (χ2v) is 10.8. The van der Waals surface area contributed by atoms with Gasteiger partial charge in [0.2, 0.25) is 0 Å². The molecule has 0 unspecified atom stereocenters. The summed E-state index contributed by atoms with van der Waals surface area (Å²) in [5, 5.41) is -3.13. The predicted molar refractivity (Wildman–Crippen MR) is 116 cm³/mol. The van der Waals surface area contributed by atoms with Crippen molar-refractivity contribution in [3.63, 3.8) is 0 Å². The number of hydrogen-bond donors (Lipinski definition) is 2. The van der Waals surface area contributed by atoms with E-state index in [1.807, 2.05) is 0 Å². The zero-order chi connectivity index (χ0) is 23.3. The molecule has 0 aliphatic carbocycles. The minimum Gasteiger partial charge on any atom is -0.280 e. The molecule has 0 radical (unpaired) electrons. The number of unbranched alkanes of at least 4 members (excludes halogenated alkanes) is 10. The van der Waals surface area contributed by atoms with Gasteiger partial charge in [-0.3, -0.25) is 18.7 Å². The molecule has 0 fully saturated rings. The molecule has 0 aliphatic rings. The Morgan fingerprint density at radius 1 is 0.633 bits per heavy atom. The maximum atomic E-state index is 12.6. The zero-order valence-corrected chi connectivity index (χ0v) is 19.9. The maximum absolute atomic E-state index is 12.6. The van der Waals surface area contributed by atoms with Gasteiger partial charge in [0.25, 0.3) is 10.2 Å². The van der Waals surface area contributed by atoms with Gasteiger partial charge in [0, 0.05) is 6.42 Å². The van der Waals surface area contributed by atoms with Crippen molar-refractivity contribution in [1.82, 2.24) is 0 Å². The highest BCUT2D eigenvalue weighted by Crippen LogP contribution is 2.39. The first-order valence-electron chi connectivity index (χ1n) is 10.9. The average Bonchev–Trinajstić information content (AvgIpc) is 2.64. The van der Waals surface area contributed by atoms with Crippen LogP contribution in [0.15, 0.2) is 0 Å². The van der Waals surface area contributed by atoms with E-state index in [-0.39, 0.29) is 12.8 Å². The van der Waals surface area contributed by atoms with Gasteiger partial charge >= 0.3 is 20.2 Å². The van der Waals surface area contributed by atoms with Crippen molar-refractivity contribution in [3.8, 4) is 0 Å². The fourth-order valence-electron chi connectivity index (χ4n) is 3.71. The summed E-state index contributed by atoms with van der Waals surface area (Å²) in [4.78, 5) is 24.6. The van der Waals surface area contributed by atoms with Crippen LogP contribution in [0.5, 0.6) is 0 Å². The molecule has 0 aromatic rings. The SMILES string of the molecule is CCCCCCCCC(CCCCCCCC)(CC(=O)S(=O)(=O)O)C(=O)S(=O)(=O)O. The van der Waals surface area contributed by atoms with E-state index in [1.54, 1.807) is 0 Å². The van der Waals surface area contributed by atoms with E-state index in [9.17, 15) is 31.0 Å². The Morgan fingerprint density at radius 2 is 1.00 bits per heavy atom. The fourth-order valence-corrected chi connectivity index (χ4v) is 4.99. The molecule has 8 nitrogen and oxygen atoms in total. The molecule has 0 saturated carbocycles. The van der Waals surface area contributed by atoms with E-state index in [0.29, 0.717) is 25.7 Å². The van der Waals surface area contributed by atoms with E-state index < -0.39 is 42.3 Å². The summed E-state index contributed by atoms with van der Waals surface area (Å²) in [6, 6.07) is 0. The minimum absolute atomic E-state index is 0.0338. The first-order chi connectivity index (χ1) is 13.9. The Morgan fingerprint density at radius 3 is 1.33 bits per heavy atom. The minimum atomic E-state index is -5.12. The summed E-state index contributed by atoms with van der Waals surface area (Å²) in [7, 11) is -10.2. The lowest BCUT2D eigenvalue weighted by Crippen LogP contribution is -2.39. The quantitative estimate of drug-likeness (QED) is 0.230. The number of carbonyl (C=O) groups excluding carboxylic acids is 2. The van der Waals surface area contributed by atoms with E-state index in [4.69, 9.17) is 4.55 Å². The molecule has 178 valence electrons. The van der Waals surface area contributed by atoms with Crippen molar-refractivity contribution in [2.75, 3.05) is 0 Å². The second kappa shape index (κ2) is 14.3. The molecular weight excluding hydrogens is 432 g/mol. The Balaban J connectivity index is 5.49. The largest absolute Gasteiger partial charge is 0.329 e. The smallest absolute Gasteiger partial charge is 0.280 e. The predicted octanol–water partition coefficient (Wildman–Crippen LogP) is 4.69.